The summed E-state index contributed by atoms with van der Waals surface area (Å²) in [5.74, 6) is -0.316. The van der Waals surface area contributed by atoms with Crippen LogP contribution in [0.4, 0.5) is 0 Å². The average molecular weight is 617 g/mol. The first-order chi connectivity index (χ1) is 21.4. The van der Waals surface area contributed by atoms with Gasteiger partial charge in [-0.1, -0.05) is 58.3 Å². The zero-order valence-electron chi connectivity index (χ0n) is 26.5. The molecule has 10 heteroatoms. The summed E-state index contributed by atoms with van der Waals surface area (Å²) in [6.45, 7) is 2.78. The number of unbranched alkanes of at least 4 members (excludes halogenated alkanes) is 8. The van der Waals surface area contributed by atoms with Crippen LogP contribution in [0.2, 0.25) is 0 Å². The van der Waals surface area contributed by atoms with Crippen LogP contribution in [0.25, 0.3) is 0 Å². The van der Waals surface area contributed by atoms with E-state index in [1.807, 2.05) is 0 Å². The van der Waals surface area contributed by atoms with Crippen LogP contribution < -0.4 is 14.8 Å². The molecule has 2 heterocycles. The van der Waals surface area contributed by atoms with Crippen molar-refractivity contribution < 1.29 is 39.1 Å². The molecule has 44 heavy (non-hydrogen) atoms. The lowest BCUT2D eigenvalue weighted by molar-refractivity contribution is -0.139. The van der Waals surface area contributed by atoms with Crippen molar-refractivity contribution in [2.45, 2.75) is 121 Å². The lowest BCUT2D eigenvalue weighted by atomic mass is 9.77. The minimum absolute atomic E-state index is 0.0612. The Labute approximate surface area is 261 Å². The molecule has 0 bridgehead atoms. The number of amides is 2. The molecule has 246 valence electrons. The monoisotopic (exact) mass is 616 g/mol. The normalized spacial score (nSPS) is 23.8. The number of rotatable bonds is 18. The molecule has 0 radical (unpaired) electrons. The molecule has 1 aromatic carbocycles. The molecule has 1 fully saturated rings. The van der Waals surface area contributed by atoms with Gasteiger partial charge in [0.2, 0.25) is 11.8 Å². The van der Waals surface area contributed by atoms with E-state index < -0.39 is 30.1 Å². The van der Waals surface area contributed by atoms with Crippen LogP contribution in [0.15, 0.2) is 23.8 Å². The maximum absolute atomic E-state index is 13.8. The van der Waals surface area contributed by atoms with E-state index in [-0.39, 0.29) is 31.8 Å². The molecule has 3 aliphatic rings. The van der Waals surface area contributed by atoms with Gasteiger partial charge >= 0.3 is 0 Å². The van der Waals surface area contributed by atoms with Crippen LogP contribution in [-0.2, 0) is 20.9 Å². The standard InChI is InChI=1S/C34H52N2O8/c1-3-4-5-6-7-8-9-10-11-14-29(39)36(21-24-13-12-17-43-24)27-20-26(34(41)35-15-16-37)30-25-18-23(22-38)19-28(42-2)32(25)44-33(30)31(27)40/h18-20,24,27,30-31,33,37-38,40H,3-17,21-22H2,1-2H3,(H,35,41)/t24-,27-,30+,31+,33+/m1/s1. The van der Waals surface area contributed by atoms with Crippen molar-refractivity contribution >= 4 is 11.8 Å². The van der Waals surface area contributed by atoms with Crippen LogP contribution >= 0.6 is 0 Å². The number of aliphatic hydroxyl groups excluding tert-OH is 3. The van der Waals surface area contributed by atoms with Crippen molar-refractivity contribution in [2.24, 2.45) is 0 Å². The first kappa shape index (κ1) is 34.2. The van der Waals surface area contributed by atoms with Crippen molar-refractivity contribution in [1.29, 1.82) is 0 Å². The second kappa shape index (κ2) is 17.1. The molecule has 0 aromatic heterocycles. The van der Waals surface area contributed by atoms with Gasteiger partial charge in [0.25, 0.3) is 0 Å². The third-order valence-corrected chi connectivity index (χ3v) is 9.09. The van der Waals surface area contributed by atoms with Crippen molar-refractivity contribution in [3.8, 4) is 11.5 Å². The van der Waals surface area contributed by atoms with Crippen molar-refractivity contribution in [3.63, 3.8) is 0 Å². The zero-order chi connectivity index (χ0) is 31.5. The zero-order valence-corrected chi connectivity index (χ0v) is 26.5. The van der Waals surface area contributed by atoms with Gasteiger partial charge in [-0.05, 0) is 43.0 Å². The largest absolute Gasteiger partial charge is 0.493 e. The minimum atomic E-state index is -1.13. The number of ether oxygens (including phenoxy) is 3. The van der Waals surface area contributed by atoms with E-state index in [0.29, 0.717) is 47.8 Å². The van der Waals surface area contributed by atoms with Crippen LogP contribution in [0.5, 0.6) is 11.5 Å². The molecule has 1 saturated heterocycles. The van der Waals surface area contributed by atoms with Crippen molar-refractivity contribution in [1.82, 2.24) is 10.2 Å². The number of carbonyl (C=O) groups is 2. The number of nitrogens with one attached hydrogen (secondary N) is 1. The van der Waals surface area contributed by atoms with Gasteiger partial charge in [0, 0.05) is 37.3 Å². The SMILES string of the molecule is CCCCCCCCCCCC(=O)N(C[C@H]1CCCO1)[C@@H]1C=C(C(=O)NCCO)[C@@H]2c3cc(CO)cc(OC)c3O[C@@H]2[C@H]1O. The van der Waals surface area contributed by atoms with Gasteiger partial charge < -0.3 is 39.7 Å². The molecule has 10 nitrogen and oxygen atoms in total. The summed E-state index contributed by atoms with van der Waals surface area (Å²) in [6, 6.07) is 2.63. The van der Waals surface area contributed by atoms with E-state index in [0.717, 1.165) is 32.1 Å². The quantitative estimate of drug-likeness (QED) is 0.183. The van der Waals surface area contributed by atoms with Gasteiger partial charge in [-0.2, -0.15) is 0 Å². The van der Waals surface area contributed by atoms with Crippen LogP contribution in [0.3, 0.4) is 0 Å². The smallest absolute Gasteiger partial charge is 0.247 e. The number of hydrogen-bond acceptors (Lipinski definition) is 8. The molecule has 0 spiro atoms. The average Bonchev–Trinajstić information content (AvgIpc) is 3.70. The van der Waals surface area contributed by atoms with Gasteiger partial charge in [0.15, 0.2) is 11.5 Å². The Balaban J connectivity index is 1.56. The Kier molecular flexibility index (Phi) is 13.3. The Morgan fingerprint density at radius 2 is 1.80 bits per heavy atom. The van der Waals surface area contributed by atoms with Crippen LogP contribution in [-0.4, -0.2) is 89.8 Å². The van der Waals surface area contributed by atoms with Gasteiger partial charge in [0.1, 0.15) is 12.2 Å². The second-order valence-corrected chi connectivity index (χ2v) is 12.3. The van der Waals surface area contributed by atoms with Gasteiger partial charge in [-0.15, -0.1) is 0 Å². The topological polar surface area (TPSA) is 138 Å². The Morgan fingerprint density at radius 3 is 2.43 bits per heavy atom. The number of carbonyl (C=O) groups excluding carboxylic acids is 2. The highest BCUT2D eigenvalue weighted by molar-refractivity contribution is 5.96. The molecular weight excluding hydrogens is 564 g/mol. The molecule has 4 rings (SSSR count). The fourth-order valence-electron chi connectivity index (χ4n) is 6.75. The molecule has 2 aliphatic heterocycles. The molecule has 2 amide bonds. The Morgan fingerprint density at radius 1 is 1.07 bits per heavy atom. The molecule has 5 atom stereocenters. The number of aliphatic hydroxyl groups is 3. The first-order valence-corrected chi connectivity index (χ1v) is 16.6. The molecule has 1 aromatic rings. The summed E-state index contributed by atoms with van der Waals surface area (Å²) < 4.78 is 17.8. The molecule has 0 saturated carbocycles. The summed E-state index contributed by atoms with van der Waals surface area (Å²) >= 11 is 0. The first-order valence-electron chi connectivity index (χ1n) is 16.6. The van der Waals surface area contributed by atoms with Gasteiger partial charge in [-0.25, -0.2) is 0 Å². The minimum Gasteiger partial charge on any atom is -0.493 e. The summed E-state index contributed by atoms with van der Waals surface area (Å²) in [5.41, 5.74) is 1.57. The van der Waals surface area contributed by atoms with E-state index in [1.165, 1.54) is 45.6 Å². The number of fused-ring (bicyclic) bond motifs is 3. The van der Waals surface area contributed by atoms with Crippen molar-refractivity contribution in [2.75, 3.05) is 33.4 Å². The van der Waals surface area contributed by atoms with Crippen molar-refractivity contribution in [3.05, 3.63) is 34.9 Å². The van der Waals surface area contributed by atoms with Gasteiger partial charge in [0.05, 0.1) is 38.4 Å². The Hall–Kier alpha value is -2.66. The fraction of sp³-hybridized carbons (Fsp3) is 0.706. The third kappa shape index (κ3) is 8.33. The highest BCUT2D eigenvalue weighted by Crippen LogP contribution is 2.51. The number of benzene rings is 1. The van der Waals surface area contributed by atoms with E-state index in [9.17, 15) is 24.9 Å². The van der Waals surface area contributed by atoms with E-state index in [4.69, 9.17) is 14.2 Å². The summed E-state index contributed by atoms with van der Waals surface area (Å²) in [6.07, 6.45) is 12.0. The number of methoxy groups -OCH3 is 1. The Bertz CT molecular complexity index is 1120. The van der Waals surface area contributed by atoms with E-state index in [2.05, 4.69) is 12.2 Å². The highest BCUT2D eigenvalue weighted by atomic mass is 16.5. The molecule has 0 unspecified atom stereocenters. The predicted octanol–water partition coefficient (Wildman–Crippen LogP) is 3.74. The molecular formula is C34H52N2O8. The number of hydrogen-bond donors (Lipinski definition) is 4. The van der Waals surface area contributed by atoms with Crippen LogP contribution in [0, 0.1) is 0 Å². The number of nitrogens with zero attached hydrogens (tertiary/aromatic N) is 1. The van der Waals surface area contributed by atoms with Crippen LogP contribution in [0.1, 0.15) is 101 Å². The van der Waals surface area contributed by atoms with E-state index >= 15 is 0 Å². The maximum atomic E-state index is 13.8. The third-order valence-electron chi connectivity index (χ3n) is 9.09. The lowest BCUT2D eigenvalue weighted by Crippen LogP contribution is -2.57. The van der Waals surface area contributed by atoms with Gasteiger partial charge in [-0.3, -0.25) is 9.59 Å². The predicted molar refractivity (Wildman–Crippen MR) is 167 cm³/mol. The molecule has 4 N–H and O–H groups in total. The van der Waals surface area contributed by atoms with E-state index in [1.54, 1.807) is 23.1 Å². The summed E-state index contributed by atoms with van der Waals surface area (Å²) in [5, 5.41) is 33.8. The highest BCUT2D eigenvalue weighted by Gasteiger charge is 2.51. The summed E-state index contributed by atoms with van der Waals surface area (Å²) in [7, 11) is 1.50. The second-order valence-electron chi connectivity index (χ2n) is 12.3. The lowest BCUT2D eigenvalue weighted by Gasteiger charge is -2.41. The maximum Gasteiger partial charge on any atom is 0.247 e. The molecule has 1 aliphatic carbocycles. The summed E-state index contributed by atoms with van der Waals surface area (Å²) in [4.78, 5) is 29.0. The fourth-order valence-corrected chi connectivity index (χ4v) is 6.75.